The molecule has 0 bridgehead atoms. The van der Waals surface area contributed by atoms with Gasteiger partial charge in [-0.2, -0.15) is 5.10 Å². The van der Waals surface area contributed by atoms with Crippen molar-refractivity contribution in [3.05, 3.63) is 42.3 Å². The molecule has 1 aromatic heterocycles. The van der Waals surface area contributed by atoms with Crippen LogP contribution in [-0.2, 0) is 11.8 Å². The predicted octanol–water partition coefficient (Wildman–Crippen LogP) is 1.65. The first-order valence-electron chi connectivity index (χ1n) is 9.58. The number of hydrogen-bond donors (Lipinski definition) is 2. The Hall–Kier alpha value is -2.45. The van der Waals surface area contributed by atoms with Crippen LogP contribution in [0.15, 0.2) is 36.5 Å². The molecule has 1 saturated carbocycles. The van der Waals surface area contributed by atoms with Crippen molar-refractivity contribution in [2.24, 2.45) is 18.9 Å². The summed E-state index contributed by atoms with van der Waals surface area (Å²) in [5.41, 5.74) is 0. The number of likely N-dealkylation sites (tertiary alicyclic amines) is 1. The number of aliphatic hydroxyl groups excluding tert-OH is 1. The monoisotopic (exact) mass is 388 g/mol. The van der Waals surface area contributed by atoms with Gasteiger partial charge in [0.1, 0.15) is 17.7 Å². The molecule has 4 atom stereocenters. The van der Waals surface area contributed by atoms with E-state index in [-0.39, 0.29) is 17.8 Å². The third-order valence-corrected chi connectivity index (χ3v) is 5.61. The normalized spacial score (nSPS) is 27.4. The number of rotatable bonds is 5. The summed E-state index contributed by atoms with van der Waals surface area (Å²) in [5.74, 6) is 1.44. The smallest absolute Gasteiger partial charge is 0.239 e. The van der Waals surface area contributed by atoms with Crippen molar-refractivity contribution >= 4 is 11.7 Å². The fourth-order valence-electron chi connectivity index (χ4n) is 4.30. The van der Waals surface area contributed by atoms with Crippen LogP contribution in [0, 0.1) is 17.7 Å². The predicted molar refractivity (Wildman–Crippen MR) is 101 cm³/mol. The molecule has 1 saturated heterocycles. The molecule has 0 spiro atoms. The van der Waals surface area contributed by atoms with Gasteiger partial charge in [0.25, 0.3) is 0 Å². The Kier molecular flexibility index (Phi) is 5.32. The quantitative estimate of drug-likeness (QED) is 0.814. The number of nitrogens with zero attached hydrogens (tertiary/aromatic N) is 3. The molecule has 2 aliphatic rings. The van der Waals surface area contributed by atoms with Crippen LogP contribution in [0.3, 0.4) is 0 Å². The van der Waals surface area contributed by atoms with Crippen molar-refractivity contribution in [2.75, 3.05) is 25.0 Å². The summed E-state index contributed by atoms with van der Waals surface area (Å²) in [6.07, 6.45) is 2.28. The van der Waals surface area contributed by atoms with Gasteiger partial charge in [-0.1, -0.05) is 0 Å². The average Bonchev–Trinajstić information content (AvgIpc) is 3.22. The van der Waals surface area contributed by atoms with E-state index < -0.39 is 6.10 Å². The SMILES string of the molecule is Cn1ccc(NC(=O)CN2C[C@H]3C[C@@H](Oc4ccc(F)cc4)[C@H](O)C[C@H]3C2)n1. The molecule has 2 N–H and O–H groups in total. The van der Waals surface area contributed by atoms with E-state index in [1.165, 1.54) is 12.1 Å². The zero-order chi connectivity index (χ0) is 19.7. The Balaban J connectivity index is 1.31. The van der Waals surface area contributed by atoms with Crippen LogP contribution in [0.1, 0.15) is 12.8 Å². The highest BCUT2D eigenvalue weighted by molar-refractivity contribution is 5.91. The molecule has 0 unspecified atom stereocenters. The van der Waals surface area contributed by atoms with Crippen molar-refractivity contribution in [3.8, 4) is 5.75 Å². The molecule has 0 radical (unpaired) electrons. The van der Waals surface area contributed by atoms with Gasteiger partial charge < -0.3 is 15.2 Å². The minimum Gasteiger partial charge on any atom is -0.488 e. The number of halogens is 1. The Bertz CT molecular complexity index is 825. The molecule has 1 amide bonds. The number of anilines is 1. The van der Waals surface area contributed by atoms with Gasteiger partial charge in [0.2, 0.25) is 5.91 Å². The Morgan fingerprint density at radius 1 is 1.25 bits per heavy atom. The van der Waals surface area contributed by atoms with Gasteiger partial charge in [-0.25, -0.2) is 4.39 Å². The van der Waals surface area contributed by atoms with Crippen molar-refractivity contribution in [1.82, 2.24) is 14.7 Å². The fourth-order valence-corrected chi connectivity index (χ4v) is 4.30. The summed E-state index contributed by atoms with van der Waals surface area (Å²) in [6, 6.07) is 7.62. The molecule has 1 aromatic carbocycles. The first-order chi connectivity index (χ1) is 13.5. The number of fused-ring (bicyclic) bond motifs is 1. The highest BCUT2D eigenvalue weighted by atomic mass is 19.1. The lowest BCUT2D eigenvalue weighted by molar-refractivity contribution is -0.117. The lowest BCUT2D eigenvalue weighted by Crippen LogP contribution is -2.42. The maximum atomic E-state index is 13.1. The fraction of sp³-hybridized carbons (Fsp3) is 0.500. The number of ether oxygens (including phenoxy) is 1. The number of hydrogen-bond acceptors (Lipinski definition) is 5. The molecule has 4 rings (SSSR count). The Labute approximate surface area is 163 Å². The summed E-state index contributed by atoms with van der Waals surface area (Å²) in [6.45, 7) is 1.90. The maximum Gasteiger partial charge on any atom is 0.239 e. The summed E-state index contributed by atoms with van der Waals surface area (Å²) < 4.78 is 20.6. The third-order valence-electron chi connectivity index (χ3n) is 5.61. The van der Waals surface area contributed by atoms with E-state index in [9.17, 15) is 14.3 Å². The third kappa shape index (κ3) is 4.34. The molecule has 2 heterocycles. The zero-order valence-electron chi connectivity index (χ0n) is 15.8. The van der Waals surface area contributed by atoms with Gasteiger partial charge in [-0.15, -0.1) is 0 Å². The zero-order valence-corrected chi connectivity index (χ0v) is 15.8. The lowest BCUT2D eigenvalue weighted by Gasteiger charge is -2.35. The summed E-state index contributed by atoms with van der Waals surface area (Å²) in [4.78, 5) is 14.4. The van der Waals surface area contributed by atoms with Gasteiger partial charge in [0.15, 0.2) is 5.82 Å². The van der Waals surface area contributed by atoms with E-state index in [1.54, 1.807) is 36.1 Å². The second kappa shape index (κ2) is 7.89. The van der Waals surface area contributed by atoms with E-state index in [2.05, 4.69) is 15.3 Å². The van der Waals surface area contributed by atoms with E-state index in [0.29, 0.717) is 36.4 Å². The number of benzene rings is 1. The van der Waals surface area contributed by atoms with E-state index in [0.717, 1.165) is 19.5 Å². The second-order valence-corrected chi connectivity index (χ2v) is 7.79. The van der Waals surface area contributed by atoms with E-state index >= 15 is 0 Å². The summed E-state index contributed by atoms with van der Waals surface area (Å²) in [5, 5.41) is 17.5. The molecule has 1 aliphatic heterocycles. The van der Waals surface area contributed by atoms with Crippen LogP contribution in [0.2, 0.25) is 0 Å². The topological polar surface area (TPSA) is 79.6 Å². The van der Waals surface area contributed by atoms with Crippen LogP contribution in [0.4, 0.5) is 10.2 Å². The number of amides is 1. The summed E-state index contributed by atoms with van der Waals surface area (Å²) >= 11 is 0. The molecule has 1 aliphatic carbocycles. The standard InChI is InChI=1S/C20H25FN4O3/c1-24-7-6-19(23-24)22-20(27)12-25-10-13-8-17(26)18(9-14(13)11-25)28-16-4-2-15(21)3-5-16/h2-7,13-14,17-18,26H,8-12H2,1H3,(H,22,23,27)/t13-,14+,17+,18+/m0/s1. The average molecular weight is 388 g/mol. The van der Waals surface area contributed by atoms with Gasteiger partial charge >= 0.3 is 0 Å². The van der Waals surface area contributed by atoms with Gasteiger partial charge in [-0.05, 0) is 48.9 Å². The van der Waals surface area contributed by atoms with Crippen LogP contribution in [0.5, 0.6) is 5.75 Å². The van der Waals surface area contributed by atoms with E-state index in [4.69, 9.17) is 4.74 Å². The Morgan fingerprint density at radius 2 is 1.96 bits per heavy atom. The van der Waals surface area contributed by atoms with Gasteiger partial charge in [-0.3, -0.25) is 14.4 Å². The first-order valence-corrected chi connectivity index (χ1v) is 9.58. The number of nitrogens with one attached hydrogen (secondary N) is 1. The highest BCUT2D eigenvalue weighted by Gasteiger charge is 2.43. The number of carbonyl (C=O) groups is 1. The highest BCUT2D eigenvalue weighted by Crippen LogP contribution is 2.37. The van der Waals surface area contributed by atoms with Crippen LogP contribution < -0.4 is 10.1 Å². The van der Waals surface area contributed by atoms with Crippen LogP contribution in [0.25, 0.3) is 0 Å². The van der Waals surface area contributed by atoms with Crippen molar-refractivity contribution in [2.45, 2.75) is 25.0 Å². The molecular formula is C20H25FN4O3. The minimum atomic E-state index is -0.561. The number of carbonyl (C=O) groups excluding carboxylic acids is 1. The van der Waals surface area contributed by atoms with Crippen LogP contribution >= 0.6 is 0 Å². The second-order valence-electron chi connectivity index (χ2n) is 7.79. The number of aromatic nitrogens is 2. The minimum absolute atomic E-state index is 0.0861. The number of aryl methyl sites for hydroxylation is 1. The molecule has 150 valence electrons. The van der Waals surface area contributed by atoms with E-state index in [1.807, 2.05) is 0 Å². The largest absolute Gasteiger partial charge is 0.488 e. The van der Waals surface area contributed by atoms with Crippen LogP contribution in [-0.4, -0.2) is 57.5 Å². The molecule has 7 nitrogen and oxygen atoms in total. The Morgan fingerprint density at radius 3 is 2.64 bits per heavy atom. The molecule has 2 fully saturated rings. The summed E-state index contributed by atoms with van der Waals surface area (Å²) in [7, 11) is 1.80. The molecular weight excluding hydrogens is 363 g/mol. The first kappa shape index (κ1) is 18.9. The van der Waals surface area contributed by atoms with Gasteiger partial charge in [0.05, 0.1) is 12.6 Å². The van der Waals surface area contributed by atoms with Crippen molar-refractivity contribution < 1.29 is 19.0 Å². The molecule has 2 aromatic rings. The molecule has 8 heteroatoms. The maximum absolute atomic E-state index is 13.1. The van der Waals surface area contributed by atoms with Crippen molar-refractivity contribution in [3.63, 3.8) is 0 Å². The van der Waals surface area contributed by atoms with Crippen molar-refractivity contribution in [1.29, 1.82) is 0 Å². The van der Waals surface area contributed by atoms with Gasteiger partial charge in [0, 0.05) is 32.4 Å². The number of aliphatic hydroxyl groups is 1. The lowest BCUT2D eigenvalue weighted by atomic mass is 9.78. The molecule has 28 heavy (non-hydrogen) atoms.